The molecule has 4 rings (SSSR count). The number of carboxylic acids is 1. The van der Waals surface area contributed by atoms with Crippen molar-refractivity contribution < 1.29 is 24.0 Å². The molecule has 0 aliphatic heterocycles. The average Bonchev–Trinajstić information content (AvgIpc) is 3.27. The third kappa shape index (κ3) is 4.31. The van der Waals surface area contributed by atoms with E-state index in [9.17, 15) is 19.5 Å². The molecule has 2 heterocycles. The van der Waals surface area contributed by atoms with Crippen LogP contribution in [-0.2, 0) is 4.79 Å². The van der Waals surface area contributed by atoms with Crippen molar-refractivity contribution >= 4 is 40.1 Å². The minimum Gasteiger partial charge on any atom is -0.478 e. The van der Waals surface area contributed by atoms with Crippen molar-refractivity contribution in [1.29, 1.82) is 5.26 Å². The van der Waals surface area contributed by atoms with Gasteiger partial charge in [-0.1, -0.05) is 18.1 Å². The van der Waals surface area contributed by atoms with Gasteiger partial charge in [0, 0.05) is 36.0 Å². The van der Waals surface area contributed by atoms with E-state index in [4.69, 9.17) is 9.78 Å². The molecule has 2 aromatic heterocycles. The Bertz CT molecular complexity index is 1470. The van der Waals surface area contributed by atoms with E-state index in [2.05, 4.69) is 20.8 Å². The van der Waals surface area contributed by atoms with Crippen LogP contribution in [0.1, 0.15) is 39.8 Å². The first-order valence-corrected chi connectivity index (χ1v) is 10.1. The second-order valence-electron chi connectivity index (χ2n) is 7.20. The average molecular weight is 455 g/mol. The van der Waals surface area contributed by atoms with Crippen LogP contribution in [0.15, 0.2) is 59.4 Å². The molecule has 0 unspecified atom stereocenters. The topological polar surface area (TPSA) is 158 Å². The maximum Gasteiger partial charge on any atom is 0.337 e. The third-order valence-electron chi connectivity index (χ3n) is 5.02. The van der Waals surface area contributed by atoms with Gasteiger partial charge in [0.25, 0.3) is 5.91 Å². The van der Waals surface area contributed by atoms with E-state index in [1.54, 1.807) is 43.6 Å². The summed E-state index contributed by atoms with van der Waals surface area (Å²) in [5.41, 5.74) is 1.86. The lowest BCUT2D eigenvalue weighted by Gasteiger charge is -2.11. The zero-order valence-corrected chi connectivity index (χ0v) is 17.8. The molecule has 4 aromatic rings. The number of pyridine rings is 1. The number of benzene rings is 2. The molecule has 10 nitrogen and oxygen atoms in total. The number of carbonyl (C=O) groups excluding carboxylic acids is 2. The Morgan fingerprint density at radius 3 is 2.62 bits per heavy atom. The van der Waals surface area contributed by atoms with Gasteiger partial charge in [-0.15, -0.1) is 0 Å². The number of aromatic carboxylic acids is 1. The Morgan fingerprint density at radius 2 is 1.94 bits per heavy atom. The van der Waals surface area contributed by atoms with E-state index in [1.807, 2.05) is 6.07 Å². The van der Waals surface area contributed by atoms with Crippen molar-refractivity contribution in [2.24, 2.45) is 0 Å². The van der Waals surface area contributed by atoms with E-state index < -0.39 is 11.9 Å². The number of fused-ring (bicyclic) bond motifs is 1. The van der Waals surface area contributed by atoms with E-state index in [0.29, 0.717) is 22.2 Å². The molecule has 0 fully saturated rings. The second-order valence-corrected chi connectivity index (χ2v) is 7.20. The lowest BCUT2D eigenvalue weighted by atomic mass is 10.0. The van der Waals surface area contributed by atoms with Crippen LogP contribution < -0.4 is 10.6 Å². The maximum atomic E-state index is 13.0. The predicted molar refractivity (Wildman–Crippen MR) is 122 cm³/mol. The fourth-order valence-electron chi connectivity index (χ4n) is 3.33. The number of hydrogen-bond donors (Lipinski definition) is 3. The van der Waals surface area contributed by atoms with E-state index in [-0.39, 0.29) is 40.4 Å². The first kappa shape index (κ1) is 22.2. The zero-order chi connectivity index (χ0) is 24.2. The Kier molecular flexibility index (Phi) is 6.01. The van der Waals surface area contributed by atoms with Crippen molar-refractivity contribution in [3.8, 4) is 17.2 Å². The largest absolute Gasteiger partial charge is 0.478 e. The molecule has 0 radical (unpaired) electrons. The fraction of sp³-hybridized carbons (Fsp3) is 0.0833. The maximum absolute atomic E-state index is 13.0. The number of rotatable bonds is 6. The summed E-state index contributed by atoms with van der Waals surface area (Å²) >= 11 is 0. The van der Waals surface area contributed by atoms with E-state index in [1.165, 1.54) is 18.2 Å². The number of carboxylic acid groups (broad SMARTS) is 1. The highest BCUT2D eigenvalue weighted by Gasteiger charge is 2.22. The smallest absolute Gasteiger partial charge is 0.337 e. The van der Waals surface area contributed by atoms with Crippen molar-refractivity contribution in [3.63, 3.8) is 0 Å². The minimum atomic E-state index is -1.30. The summed E-state index contributed by atoms with van der Waals surface area (Å²) in [5.74, 6) is -2.20. The Labute approximate surface area is 192 Å². The molecule has 0 aliphatic carbocycles. The molecule has 0 atom stereocenters. The van der Waals surface area contributed by atoms with Gasteiger partial charge >= 0.3 is 5.97 Å². The summed E-state index contributed by atoms with van der Waals surface area (Å²) < 4.78 is 5.33. The monoisotopic (exact) mass is 455 g/mol. The number of hydrogen-bond acceptors (Lipinski definition) is 7. The van der Waals surface area contributed by atoms with Gasteiger partial charge in [-0.3, -0.25) is 14.6 Å². The molecule has 0 aliphatic rings. The Hall–Kier alpha value is -5.04. The number of amides is 2. The second kappa shape index (κ2) is 9.22. The number of nitriles is 1. The molecule has 34 heavy (non-hydrogen) atoms. The molecule has 0 bridgehead atoms. The van der Waals surface area contributed by atoms with Gasteiger partial charge in [0.1, 0.15) is 0 Å². The van der Waals surface area contributed by atoms with Gasteiger partial charge < -0.3 is 20.3 Å². The standard InChI is InChI=1S/C24H17N5O5/c1-2-21(30)27-19-10-20-17(9-15(19)14-4-3-7-26-12-14)22(29-34-20)23(31)28-18-6-5-13(11-25)8-16(18)24(32)33/h3-10,12H,2H2,1H3,(H,27,30)(H,28,31)(H,32,33). The Balaban J connectivity index is 1.77. The zero-order valence-electron chi connectivity index (χ0n) is 17.8. The number of nitrogens with zero attached hydrogens (tertiary/aromatic N) is 3. The van der Waals surface area contributed by atoms with Gasteiger partial charge in [0.05, 0.1) is 34.0 Å². The lowest BCUT2D eigenvalue weighted by molar-refractivity contribution is -0.115. The number of nitrogens with one attached hydrogen (secondary N) is 2. The van der Waals surface area contributed by atoms with Crippen LogP contribution in [0, 0.1) is 11.3 Å². The quantitative estimate of drug-likeness (QED) is 0.392. The van der Waals surface area contributed by atoms with Crippen molar-refractivity contribution in [2.75, 3.05) is 10.6 Å². The van der Waals surface area contributed by atoms with Gasteiger partial charge in [0.15, 0.2) is 11.3 Å². The molecular formula is C24H17N5O5. The van der Waals surface area contributed by atoms with Gasteiger partial charge in [0.2, 0.25) is 5.91 Å². The molecule has 168 valence electrons. The number of aromatic nitrogens is 2. The van der Waals surface area contributed by atoms with E-state index in [0.717, 1.165) is 0 Å². The molecule has 0 spiro atoms. The first-order valence-electron chi connectivity index (χ1n) is 10.1. The summed E-state index contributed by atoms with van der Waals surface area (Å²) in [6.07, 6.45) is 3.50. The SMILES string of the molecule is CCC(=O)Nc1cc2onc(C(=O)Nc3ccc(C#N)cc3C(=O)O)c2cc1-c1cccnc1. The molecule has 10 heteroatoms. The van der Waals surface area contributed by atoms with Crippen LogP contribution in [0.2, 0.25) is 0 Å². The van der Waals surface area contributed by atoms with Crippen LogP contribution in [0.25, 0.3) is 22.1 Å². The normalized spacial score (nSPS) is 10.5. The number of anilines is 2. The lowest BCUT2D eigenvalue weighted by Crippen LogP contribution is -2.15. The molecular weight excluding hydrogens is 438 g/mol. The summed E-state index contributed by atoms with van der Waals surface area (Å²) in [5, 5.41) is 28.0. The highest BCUT2D eigenvalue weighted by molar-refractivity contribution is 6.14. The van der Waals surface area contributed by atoms with Gasteiger partial charge in [-0.2, -0.15) is 5.26 Å². The van der Waals surface area contributed by atoms with Crippen LogP contribution in [-0.4, -0.2) is 33.0 Å². The summed E-state index contributed by atoms with van der Waals surface area (Å²) in [7, 11) is 0. The molecule has 0 saturated heterocycles. The van der Waals surface area contributed by atoms with Gasteiger partial charge in [-0.05, 0) is 30.3 Å². The highest BCUT2D eigenvalue weighted by Crippen LogP contribution is 2.34. The van der Waals surface area contributed by atoms with E-state index >= 15 is 0 Å². The van der Waals surface area contributed by atoms with Crippen LogP contribution in [0.5, 0.6) is 0 Å². The van der Waals surface area contributed by atoms with Crippen LogP contribution in [0.3, 0.4) is 0 Å². The van der Waals surface area contributed by atoms with Crippen LogP contribution in [0.4, 0.5) is 11.4 Å². The molecule has 2 aromatic carbocycles. The summed E-state index contributed by atoms with van der Waals surface area (Å²) in [6.45, 7) is 1.73. The van der Waals surface area contributed by atoms with Crippen molar-refractivity contribution in [2.45, 2.75) is 13.3 Å². The number of carbonyl (C=O) groups is 3. The highest BCUT2D eigenvalue weighted by atomic mass is 16.5. The summed E-state index contributed by atoms with van der Waals surface area (Å²) in [4.78, 5) is 40.7. The summed E-state index contributed by atoms with van der Waals surface area (Å²) in [6, 6.07) is 12.5. The molecule has 0 saturated carbocycles. The van der Waals surface area contributed by atoms with Crippen molar-refractivity contribution in [3.05, 3.63) is 71.7 Å². The van der Waals surface area contributed by atoms with Gasteiger partial charge in [-0.25, -0.2) is 4.79 Å². The third-order valence-corrected chi connectivity index (χ3v) is 5.02. The minimum absolute atomic E-state index is 0.00645. The van der Waals surface area contributed by atoms with Crippen LogP contribution >= 0.6 is 0 Å². The Morgan fingerprint density at radius 1 is 1.12 bits per heavy atom. The molecule has 2 amide bonds. The fourth-order valence-corrected chi connectivity index (χ4v) is 3.33. The van der Waals surface area contributed by atoms with Crippen molar-refractivity contribution in [1.82, 2.24) is 10.1 Å². The molecule has 3 N–H and O–H groups in total. The predicted octanol–water partition coefficient (Wildman–Crippen LogP) is 4.06. The first-order chi connectivity index (χ1) is 16.4.